The van der Waals surface area contributed by atoms with Gasteiger partial charge in [-0.1, -0.05) is 43.6 Å². The zero-order valence-corrected chi connectivity index (χ0v) is 14.0. The molecule has 124 valence electrons. The predicted octanol–water partition coefficient (Wildman–Crippen LogP) is 2.17. The minimum atomic E-state index is -0.401. The number of likely N-dealkylation sites (N-methyl/N-ethyl adjacent to an activating group) is 1. The molecule has 0 bridgehead atoms. The lowest BCUT2D eigenvalue weighted by Gasteiger charge is -2.30. The second-order valence-corrected chi connectivity index (χ2v) is 5.53. The number of aromatic nitrogens is 2. The molecule has 1 aromatic heterocycles. The standard InChI is InChI=1S/C16H21ClN4O2/c1-3-21(4-2)14(11-7-5-6-8-12(11)17)10-18-15(22)13-9-19-16(23)20-13/h5-9,14H,3-4,10H2,1-2H3,(H,18,22)(H2,19,20,23). The van der Waals surface area contributed by atoms with Crippen LogP contribution in [0.5, 0.6) is 0 Å². The van der Waals surface area contributed by atoms with Gasteiger partial charge in [-0.2, -0.15) is 0 Å². The third kappa shape index (κ3) is 4.24. The fourth-order valence-electron chi connectivity index (χ4n) is 2.58. The Kier molecular flexibility index (Phi) is 6.01. The highest BCUT2D eigenvalue weighted by molar-refractivity contribution is 6.31. The van der Waals surface area contributed by atoms with Crippen molar-refractivity contribution in [1.29, 1.82) is 0 Å². The molecule has 2 aromatic rings. The Labute approximate surface area is 139 Å². The van der Waals surface area contributed by atoms with E-state index in [4.69, 9.17) is 11.6 Å². The molecule has 0 fully saturated rings. The summed E-state index contributed by atoms with van der Waals surface area (Å²) in [6, 6.07) is 7.60. The van der Waals surface area contributed by atoms with Gasteiger partial charge in [0.2, 0.25) is 0 Å². The van der Waals surface area contributed by atoms with Crippen LogP contribution in [0.4, 0.5) is 0 Å². The molecule has 0 aliphatic rings. The molecule has 2 rings (SSSR count). The molecule has 0 saturated carbocycles. The van der Waals surface area contributed by atoms with Gasteiger partial charge in [0.15, 0.2) is 0 Å². The maximum atomic E-state index is 12.1. The number of imidazole rings is 1. The number of aromatic amines is 2. The molecule has 0 aliphatic heterocycles. The number of nitrogens with one attached hydrogen (secondary N) is 3. The van der Waals surface area contributed by atoms with Crippen LogP contribution in [0, 0.1) is 0 Å². The van der Waals surface area contributed by atoms with E-state index in [0.717, 1.165) is 18.7 Å². The van der Waals surface area contributed by atoms with Crippen LogP contribution in [0.15, 0.2) is 35.3 Å². The number of carbonyl (C=O) groups is 1. The maximum Gasteiger partial charge on any atom is 0.323 e. The molecular weight excluding hydrogens is 316 g/mol. The Balaban J connectivity index is 2.16. The number of rotatable bonds is 7. The molecule has 1 amide bonds. The van der Waals surface area contributed by atoms with Crippen molar-refractivity contribution in [2.75, 3.05) is 19.6 Å². The minimum Gasteiger partial charge on any atom is -0.349 e. The number of hydrogen-bond donors (Lipinski definition) is 3. The Bertz CT molecular complexity index is 706. The van der Waals surface area contributed by atoms with Crippen LogP contribution >= 0.6 is 11.6 Å². The Morgan fingerprint density at radius 1 is 1.30 bits per heavy atom. The van der Waals surface area contributed by atoms with Gasteiger partial charge < -0.3 is 15.3 Å². The van der Waals surface area contributed by atoms with Crippen molar-refractivity contribution in [3.8, 4) is 0 Å². The quantitative estimate of drug-likeness (QED) is 0.724. The van der Waals surface area contributed by atoms with Crippen molar-refractivity contribution in [1.82, 2.24) is 20.2 Å². The summed E-state index contributed by atoms with van der Waals surface area (Å²) in [5.74, 6) is -0.326. The third-order valence-corrected chi connectivity index (χ3v) is 4.16. The van der Waals surface area contributed by atoms with E-state index >= 15 is 0 Å². The second-order valence-electron chi connectivity index (χ2n) is 5.13. The number of amides is 1. The largest absolute Gasteiger partial charge is 0.349 e. The molecule has 1 aromatic carbocycles. The highest BCUT2D eigenvalue weighted by Gasteiger charge is 2.21. The Hall–Kier alpha value is -2.05. The summed E-state index contributed by atoms with van der Waals surface area (Å²) in [7, 11) is 0. The summed E-state index contributed by atoms with van der Waals surface area (Å²) in [6.07, 6.45) is 1.36. The molecule has 6 nitrogen and oxygen atoms in total. The van der Waals surface area contributed by atoms with E-state index in [1.807, 2.05) is 24.3 Å². The number of hydrogen-bond acceptors (Lipinski definition) is 3. The summed E-state index contributed by atoms with van der Waals surface area (Å²) < 4.78 is 0. The summed E-state index contributed by atoms with van der Waals surface area (Å²) in [6.45, 7) is 6.21. The molecule has 1 atom stereocenters. The molecule has 0 aliphatic carbocycles. The first-order chi connectivity index (χ1) is 11.1. The summed E-state index contributed by atoms with van der Waals surface area (Å²) in [5, 5.41) is 3.53. The van der Waals surface area contributed by atoms with Gasteiger partial charge >= 0.3 is 5.69 Å². The zero-order valence-electron chi connectivity index (χ0n) is 13.2. The number of H-pyrrole nitrogens is 2. The molecule has 1 unspecified atom stereocenters. The van der Waals surface area contributed by atoms with E-state index in [1.165, 1.54) is 6.20 Å². The van der Waals surface area contributed by atoms with Gasteiger partial charge in [0.25, 0.3) is 5.91 Å². The molecule has 0 saturated heterocycles. The smallest absolute Gasteiger partial charge is 0.323 e. The summed E-state index contributed by atoms with van der Waals surface area (Å²) in [5.41, 5.74) is 0.787. The fourth-order valence-corrected chi connectivity index (χ4v) is 2.85. The number of halogens is 1. The molecule has 1 heterocycles. The van der Waals surface area contributed by atoms with Crippen LogP contribution in [-0.2, 0) is 0 Å². The lowest BCUT2D eigenvalue weighted by molar-refractivity contribution is 0.0930. The van der Waals surface area contributed by atoms with Gasteiger partial charge in [-0.25, -0.2) is 4.79 Å². The van der Waals surface area contributed by atoms with Crippen LogP contribution in [0.2, 0.25) is 5.02 Å². The summed E-state index contributed by atoms with van der Waals surface area (Å²) >= 11 is 6.32. The molecule has 23 heavy (non-hydrogen) atoms. The zero-order chi connectivity index (χ0) is 16.8. The van der Waals surface area contributed by atoms with Crippen molar-refractivity contribution in [3.05, 3.63) is 57.2 Å². The van der Waals surface area contributed by atoms with Crippen molar-refractivity contribution >= 4 is 17.5 Å². The van der Waals surface area contributed by atoms with Crippen LogP contribution < -0.4 is 11.0 Å². The number of benzene rings is 1. The van der Waals surface area contributed by atoms with Gasteiger partial charge in [0.05, 0.1) is 6.04 Å². The van der Waals surface area contributed by atoms with E-state index in [0.29, 0.717) is 11.6 Å². The van der Waals surface area contributed by atoms with E-state index in [-0.39, 0.29) is 17.6 Å². The van der Waals surface area contributed by atoms with Crippen molar-refractivity contribution in [2.45, 2.75) is 19.9 Å². The van der Waals surface area contributed by atoms with Crippen LogP contribution in [0.25, 0.3) is 0 Å². The molecule has 3 N–H and O–H groups in total. The van der Waals surface area contributed by atoms with Gasteiger partial charge in [0, 0.05) is 17.8 Å². The van der Waals surface area contributed by atoms with Gasteiger partial charge in [-0.05, 0) is 24.7 Å². The maximum absolute atomic E-state index is 12.1. The average Bonchev–Trinajstić information content (AvgIpc) is 2.98. The molecular formula is C16H21ClN4O2. The van der Waals surface area contributed by atoms with Crippen molar-refractivity contribution < 1.29 is 4.79 Å². The van der Waals surface area contributed by atoms with Gasteiger partial charge in [-0.15, -0.1) is 0 Å². The highest BCUT2D eigenvalue weighted by Crippen LogP contribution is 2.26. The first-order valence-corrected chi connectivity index (χ1v) is 7.99. The summed E-state index contributed by atoms with van der Waals surface area (Å²) in [4.78, 5) is 30.3. The minimum absolute atomic E-state index is 0.0340. The Morgan fingerprint density at radius 3 is 2.57 bits per heavy atom. The van der Waals surface area contributed by atoms with Crippen LogP contribution in [0.1, 0.15) is 35.9 Å². The first-order valence-electron chi connectivity index (χ1n) is 7.61. The number of nitrogens with zero attached hydrogens (tertiary/aromatic N) is 1. The fraction of sp³-hybridized carbons (Fsp3) is 0.375. The van der Waals surface area contributed by atoms with E-state index in [9.17, 15) is 9.59 Å². The third-order valence-electron chi connectivity index (χ3n) is 3.81. The molecule has 7 heteroatoms. The van der Waals surface area contributed by atoms with Crippen LogP contribution in [-0.4, -0.2) is 40.4 Å². The highest BCUT2D eigenvalue weighted by atomic mass is 35.5. The second kappa shape index (κ2) is 7.99. The van der Waals surface area contributed by atoms with Gasteiger partial charge in [0.1, 0.15) is 5.69 Å². The van der Waals surface area contributed by atoms with Crippen LogP contribution in [0.3, 0.4) is 0 Å². The molecule has 0 spiro atoms. The van der Waals surface area contributed by atoms with E-state index in [1.54, 1.807) is 0 Å². The topological polar surface area (TPSA) is 81.0 Å². The predicted molar refractivity (Wildman–Crippen MR) is 90.9 cm³/mol. The lowest BCUT2D eigenvalue weighted by atomic mass is 10.0. The SMILES string of the molecule is CCN(CC)C(CNC(=O)c1c[nH]c(=O)[nH]1)c1ccccc1Cl. The normalized spacial score (nSPS) is 12.3. The monoisotopic (exact) mass is 336 g/mol. The lowest BCUT2D eigenvalue weighted by Crippen LogP contribution is -2.38. The Morgan fingerprint density at radius 2 is 2.00 bits per heavy atom. The average molecular weight is 337 g/mol. The number of carbonyl (C=O) groups excluding carboxylic acids is 1. The van der Waals surface area contributed by atoms with Crippen molar-refractivity contribution in [2.24, 2.45) is 0 Å². The van der Waals surface area contributed by atoms with Gasteiger partial charge in [-0.3, -0.25) is 9.69 Å². The first kappa shape index (κ1) is 17.3. The van der Waals surface area contributed by atoms with Crippen molar-refractivity contribution in [3.63, 3.8) is 0 Å². The van der Waals surface area contributed by atoms with E-state index in [2.05, 4.69) is 34.0 Å². The molecule has 0 radical (unpaired) electrons. The van der Waals surface area contributed by atoms with E-state index < -0.39 is 5.69 Å².